The summed E-state index contributed by atoms with van der Waals surface area (Å²) in [6.45, 7) is 2.03. The van der Waals surface area contributed by atoms with Crippen LogP contribution in [0.5, 0.6) is 0 Å². The zero-order valence-electron chi connectivity index (χ0n) is 8.29. The van der Waals surface area contributed by atoms with E-state index >= 15 is 0 Å². The molecule has 1 aliphatic carbocycles. The third kappa shape index (κ3) is 2.41. The van der Waals surface area contributed by atoms with E-state index in [4.69, 9.17) is 4.42 Å². The third-order valence-corrected chi connectivity index (χ3v) is 3.43. The smallest absolute Gasteiger partial charge is 0.145 e. The quantitative estimate of drug-likeness (QED) is 0.748. The van der Waals surface area contributed by atoms with Crippen LogP contribution >= 0.6 is 11.8 Å². The summed E-state index contributed by atoms with van der Waals surface area (Å²) in [5.41, 5.74) is 1.18. The molecule has 0 aromatic carbocycles. The second-order valence-corrected chi connectivity index (χ2v) is 4.75. The molecular weight excluding hydrogens is 196 g/mol. The summed E-state index contributed by atoms with van der Waals surface area (Å²) in [6.07, 6.45) is 3.92. The van der Waals surface area contributed by atoms with Crippen LogP contribution in [0.4, 0.5) is 0 Å². The van der Waals surface area contributed by atoms with Crippen LogP contribution in [0.2, 0.25) is 0 Å². The molecule has 76 valence electrons. The Morgan fingerprint density at radius 2 is 2.43 bits per heavy atom. The number of Topliss-reactive ketones (excluding diaryl/α,β-unsaturated/α-hetero) is 1. The van der Waals surface area contributed by atoms with Gasteiger partial charge in [0.25, 0.3) is 0 Å². The van der Waals surface area contributed by atoms with Gasteiger partial charge in [0, 0.05) is 5.92 Å². The summed E-state index contributed by atoms with van der Waals surface area (Å²) in [5.74, 6) is 3.26. The molecule has 0 bridgehead atoms. The van der Waals surface area contributed by atoms with E-state index in [1.54, 1.807) is 18.0 Å². The third-order valence-electron chi connectivity index (χ3n) is 2.48. The van der Waals surface area contributed by atoms with Gasteiger partial charge in [0.1, 0.15) is 11.5 Å². The summed E-state index contributed by atoms with van der Waals surface area (Å²) in [5, 5.41) is 0. The fourth-order valence-corrected chi connectivity index (χ4v) is 2.34. The Hall–Kier alpha value is -0.700. The maximum Gasteiger partial charge on any atom is 0.145 e. The highest BCUT2D eigenvalue weighted by Gasteiger charge is 2.28. The van der Waals surface area contributed by atoms with Crippen LogP contribution in [0.3, 0.4) is 0 Å². The first-order valence-corrected chi connectivity index (χ1v) is 6.06. The minimum Gasteiger partial charge on any atom is -0.468 e. The summed E-state index contributed by atoms with van der Waals surface area (Å²) >= 11 is 1.66. The molecule has 0 saturated heterocycles. The van der Waals surface area contributed by atoms with Gasteiger partial charge in [0.15, 0.2) is 0 Å². The van der Waals surface area contributed by atoms with Gasteiger partial charge >= 0.3 is 0 Å². The molecule has 0 unspecified atom stereocenters. The number of furan rings is 1. The number of hydrogen-bond donors (Lipinski definition) is 0. The number of carbonyl (C=O) groups excluding carboxylic acids is 1. The van der Waals surface area contributed by atoms with E-state index in [0.717, 1.165) is 24.4 Å². The van der Waals surface area contributed by atoms with Gasteiger partial charge in [-0.2, -0.15) is 0 Å². The first-order valence-electron chi connectivity index (χ1n) is 4.91. The van der Waals surface area contributed by atoms with Crippen LogP contribution in [-0.2, 0) is 10.5 Å². The molecule has 0 radical (unpaired) electrons. The van der Waals surface area contributed by atoms with Crippen molar-refractivity contribution < 1.29 is 9.21 Å². The molecule has 1 aromatic heterocycles. The standard InChI is InChI=1S/C11H14O2S/c1-8-4-5-13-11(8)7-14-6-10(12)9-2-3-9/h4-5,9H,2-3,6-7H2,1H3. The van der Waals surface area contributed by atoms with E-state index in [9.17, 15) is 4.79 Å². The molecule has 1 heterocycles. The topological polar surface area (TPSA) is 30.2 Å². The molecular formula is C11H14O2S. The molecule has 1 aliphatic rings. The Balaban J connectivity index is 1.72. The molecule has 0 spiro atoms. The fraction of sp³-hybridized carbons (Fsp3) is 0.545. The second-order valence-electron chi connectivity index (χ2n) is 3.76. The zero-order chi connectivity index (χ0) is 9.97. The monoisotopic (exact) mass is 210 g/mol. The van der Waals surface area contributed by atoms with Gasteiger partial charge in [0.05, 0.1) is 17.8 Å². The van der Waals surface area contributed by atoms with Crippen LogP contribution in [0, 0.1) is 12.8 Å². The van der Waals surface area contributed by atoms with Crippen LogP contribution < -0.4 is 0 Å². The van der Waals surface area contributed by atoms with Crippen molar-refractivity contribution in [3.63, 3.8) is 0 Å². The first kappa shape index (κ1) is 9.84. The van der Waals surface area contributed by atoms with Crippen molar-refractivity contribution in [1.82, 2.24) is 0 Å². The van der Waals surface area contributed by atoms with Crippen LogP contribution in [0.15, 0.2) is 16.7 Å². The minimum atomic E-state index is 0.389. The molecule has 0 aliphatic heterocycles. The van der Waals surface area contributed by atoms with E-state index in [-0.39, 0.29) is 0 Å². The maximum absolute atomic E-state index is 11.4. The molecule has 3 heteroatoms. The summed E-state index contributed by atoms with van der Waals surface area (Å²) in [7, 11) is 0. The lowest BCUT2D eigenvalue weighted by Crippen LogP contribution is -2.03. The molecule has 1 aromatic rings. The Labute approximate surface area is 88.1 Å². The number of ketones is 1. The summed E-state index contributed by atoms with van der Waals surface area (Å²) < 4.78 is 5.29. The highest BCUT2D eigenvalue weighted by atomic mass is 32.2. The maximum atomic E-state index is 11.4. The highest BCUT2D eigenvalue weighted by Crippen LogP contribution is 2.31. The van der Waals surface area contributed by atoms with Gasteiger partial charge in [-0.3, -0.25) is 4.79 Å². The largest absolute Gasteiger partial charge is 0.468 e. The Kier molecular flexibility index (Phi) is 2.96. The lowest BCUT2D eigenvalue weighted by atomic mass is 10.3. The van der Waals surface area contributed by atoms with Gasteiger partial charge in [-0.25, -0.2) is 0 Å². The van der Waals surface area contributed by atoms with E-state index in [1.807, 2.05) is 13.0 Å². The molecule has 2 rings (SSSR count). The van der Waals surface area contributed by atoms with E-state index in [0.29, 0.717) is 17.5 Å². The molecule has 1 saturated carbocycles. The number of thioether (sulfide) groups is 1. The number of hydrogen-bond acceptors (Lipinski definition) is 3. The van der Waals surface area contributed by atoms with Crippen molar-refractivity contribution in [1.29, 1.82) is 0 Å². The van der Waals surface area contributed by atoms with E-state index < -0.39 is 0 Å². The zero-order valence-corrected chi connectivity index (χ0v) is 9.10. The molecule has 0 N–H and O–H groups in total. The minimum absolute atomic E-state index is 0.389. The van der Waals surface area contributed by atoms with Crippen molar-refractivity contribution in [3.8, 4) is 0 Å². The lowest BCUT2D eigenvalue weighted by Gasteiger charge is -1.98. The van der Waals surface area contributed by atoms with Crippen LogP contribution in [0.25, 0.3) is 0 Å². The highest BCUT2D eigenvalue weighted by molar-refractivity contribution is 7.99. The summed E-state index contributed by atoms with van der Waals surface area (Å²) in [6, 6.07) is 1.96. The average Bonchev–Trinajstić information content (AvgIpc) is 2.93. The molecule has 14 heavy (non-hydrogen) atoms. The van der Waals surface area contributed by atoms with Crippen molar-refractivity contribution in [2.75, 3.05) is 5.75 Å². The van der Waals surface area contributed by atoms with Gasteiger partial charge in [0.2, 0.25) is 0 Å². The SMILES string of the molecule is Cc1ccoc1CSCC(=O)C1CC1. The van der Waals surface area contributed by atoms with Crippen molar-refractivity contribution in [3.05, 3.63) is 23.7 Å². The first-order chi connectivity index (χ1) is 6.77. The molecule has 0 amide bonds. The van der Waals surface area contributed by atoms with Gasteiger partial charge in [-0.05, 0) is 31.4 Å². The molecule has 1 fully saturated rings. The lowest BCUT2D eigenvalue weighted by molar-refractivity contribution is -0.117. The van der Waals surface area contributed by atoms with Gasteiger partial charge in [-0.1, -0.05) is 0 Å². The molecule has 2 nitrogen and oxygen atoms in total. The van der Waals surface area contributed by atoms with Crippen LogP contribution in [-0.4, -0.2) is 11.5 Å². The summed E-state index contributed by atoms with van der Waals surface area (Å²) in [4.78, 5) is 11.4. The predicted octanol–water partition coefficient (Wildman–Crippen LogP) is 2.80. The fourth-order valence-electron chi connectivity index (χ4n) is 1.32. The number of aryl methyl sites for hydroxylation is 1. The predicted molar refractivity (Wildman–Crippen MR) is 57.3 cm³/mol. The normalized spacial score (nSPS) is 15.8. The number of carbonyl (C=O) groups is 1. The van der Waals surface area contributed by atoms with Crippen molar-refractivity contribution in [2.45, 2.75) is 25.5 Å². The van der Waals surface area contributed by atoms with E-state index in [2.05, 4.69) is 0 Å². The number of rotatable bonds is 5. The van der Waals surface area contributed by atoms with Crippen LogP contribution in [0.1, 0.15) is 24.2 Å². The average molecular weight is 210 g/mol. The van der Waals surface area contributed by atoms with E-state index in [1.165, 1.54) is 5.56 Å². The Morgan fingerprint density at radius 3 is 3.00 bits per heavy atom. The Morgan fingerprint density at radius 1 is 1.64 bits per heavy atom. The molecule has 0 atom stereocenters. The second kappa shape index (κ2) is 4.22. The van der Waals surface area contributed by atoms with Crippen molar-refractivity contribution >= 4 is 17.5 Å². The van der Waals surface area contributed by atoms with Gasteiger partial charge in [-0.15, -0.1) is 11.8 Å². The van der Waals surface area contributed by atoms with Gasteiger partial charge < -0.3 is 4.42 Å². The van der Waals surface area contributed by atoms with Crippen molar-refractivity contribution in [2.24, 2.45) is 5.92 Å². The Bertz CT molecular complexity index is 326.